The largest absolute Gasteiger partial charge is 0.396 e. The Morgan fingerprint density at radius 3 is 3.20 bits per heavy atom. The number of aliphatic hydroxyl groups is 1. The smallest absolute Gasteiger partial charge is 0.187 e. The number of aliphatic hydroxyl groups excluding tert-OH is 1. The summed E-state index contributed by atoms with van der Waals surface area (Å²) in [6.07, 6.45) is 5.02. The Hall–Kier alpha value is -0.810. The van der Waals surface area contributed by atoms with E-state index in [-0.39, 0.29) is 0 Å². The van der Waals surface area contributed by atoms with Gasteiger partial charge in [-0.3, -0.25) is 0 Å². The van der Waals surface area contributed by atoms with Gasteiger partial charge in [-0.15, -0.1) is 0 Å². The van der Waals surface area contributed by atoms with Gasteiger partial charge in [-0.05, 0) is 25.2 Å². The van der Waals surface area contributed by atoms with E-state index in [2.05, 4.69) is 9.88 Å². The third-order valence-electron chi connectivity index (χ3n) is 2.84. The lowest BCUT2D eigenvalue weighted by Gasteiger charge is -2.32. The Morgan fingerprint density at radius 1 is 1.67 bits per heavy atom. The van der Waals surface area contributed by atoms with Crippen molar-refractivity contribution in [1.29, 1.82) is 0 Å². The Labute approximate surface area is 93.7 Å². The van der Waals surface area contributed by atoms with Gasteiger partial charge in [0, 0.05) is 19.7 Å². The lowest BCUT2D eigenvalue weighted by molar-refractivity contribution is 0.244. The van der Waals surface area contributed by atoms with Gasteiger partial charge in [-0.1, -0.05) is 11.3 Å². The van der Waals surface area contributed by atoms with E-state index in [1.54, 1.807) is 17.5 Å². The molecule has 0 spiro atoms. The van der Waals surface area contributed by atoms with Crippen LogP contribution in [0, 0.1) is 5.92 Å². The van der Waals surface area contributed by atoms with Crippen molar-refractivity contribution in [3.8, 4) is 0 Å². The fourth-order valence-electron chi connectivity index (χ4n) is 2.08. The second-order valence-corrected chi connectivity index (χ2v) is 5.05. The first-order valence-electron chi connectivity index (χ1n) is 5.36. The molecule has 1 saturated heterocycles. The zero-order valence-corrected chi connectivity index (χ0v) is 9.54. The molecule has 15 heavy (non-hydrogen) atoms. The summed E-state index contributed by atoms with van der Waals surface area (Å²) in [5, 5.41) is 10.7. The van der Waals surface area contributed by atoms with Gasteiger partial charge in [0.2, 0.25) is 0 Å². The molecule has 0 radical (unpaired) electrons. The molecule has 1 fully saturated rings. The molecule has 1 aliphatic heterocycles. The molecule has 1 unspecified atom stereocenters. The summed E-state index contributed by atoms with van der Waals surface area (Å²) < 4.78 is 0. The number of thiazole rings is 1. The third-order valence-corrected chi connectivity index (χ3v) is 3.73. The van der Waals surface area contributed by atoms with Crippen LogP contribution in [0.15, 0.2) is 6.20 Å². The highest BCUT2D eigenvalue weighted by Crippen LogP contribution is 2.29. The van der Waals surface area contributed by atoms with Crippen LogP contribution in [0.1, 0.15) is 19.3 Å². The Morgan fingerprint density at radius 2 is 2.53 bits per heavy atom. The maximum Gasteiger partial charge on any atom is 0.187 e. The standard InChI is InChI=1S/C10H17N3OS/c11-9-6-12-10(15-9)13-4-1-2-8(7-13)3-5-14/h6,8,14H,1-5,7,11H2. The van der Waals surface area contributed by atoms with E-state index >= 15 is 0 Å². The van der Waals surface area contributed by atoms with Gasteiger partial charge < -0.3 is 15.7 Å². The van der Waals surface area contributed by atoms with Gasteiger partial charge in [0.05, 0.1) is 6.20 Å². The highest BCUT2D eigenvalue weighted by Gasteiger charge is 2.21. The molecular weight excluding hydrogens is 210 g/mol. The average Bonchev–Trinajstić information content (AvgIpc) is 2.66. The lowest BCUT2D eigenvalue weighted by Crippen LogP contribution is -2.35. The zero-order valence-electron chi connectivity index (χ0n) is 8.72. The maximum absolute atomic E-state index is 8.93. The molecule has 0 saturated carbocycles. The van der Waals surface area contributed by atoms with Gasteiger partial charge in [-0.25, -0.2) is 4.98 Å². The Kier molecular flexibility index (Phi) is 3.43. The van der Waals surface area contributed by atoms with Crippen molar-refractivity contribution in [1.82, 2.24) is 4.98 Å². The van der Waals surface area contributed by atoms with Crippen LogP contribution in [0.5, 0.6) is 0 Å². The number of rotatable bonds is 3. The second kappa shape index (κ2) is 4.81. The molecule has 0 aliphatic carbocycles. The molecular formula is C10H17N3OS. The summed E-state index contributed by atoms with van der Waals surface area (Å²) in [5.41, 5.74) is 5.67. The van der Waals surface area contributed by atoms with Crippen LogP contribution in [0.25, 0.3) is 0 Å². The molecule has 2 rings (SSSR count). The molecule has 0 aromatic carbocycles. The van der Waals surface area contributed by atoms with Crippen molar-refractivity contribution in [3.05, 3.63) is 6.20 Å². The summed E-state index contributed by atoms with van der Waals surface area (Å²) >= 11 is 1.54. The molecule has 1 aromatic heterocycles. The second-order valence-electron chi connectivity index (χ2n) is 4.01. The number of nitrogens with zero attached hydrogens (tertiary/aromatic N) is 2. The average molecular weight is 227 g/mol. The van der Waals surface area contributed by atoms with Gasteiger partial charge in [0.1, 0.15) is 5.00 Å². The SMILES string of the molecule is Nc1cnc(N2CCCC(CCO)C2)s1. The summed E-state index contributed by atoms with van der Waals surface area (Å²) in [5.74, 6) is 0.605. The molecule has 1 atom stereocenters. The molecule has 0 bridgehead atoms. The summed E-state index contributed by atoms with van der Waals surface area (Å²) in [7, 11) is 0. The van der Waals surface area contributed by atoms with Crippen LogP contribution in [-0.2, 0) is 0 Å². The van der Waals surface area contributed by atoms with E-state index in [1.165, 1.54) is 12.8 Å². The summed E-state index contributed by atoms with van der Waals surface area (Å²) in [6.45, 7) is 2.36. The van der Waals surface area contributed by atoms with Crippen molar-refractivity contribution in [2.75, 3.05) is 30.3 Å². The molecule has 0 amide bonds. The minimum absolute atomic E-state index is 0.290. The fraction of sp³-hybridized carbons (Fsp3) is 0.700. The summed E-state index contributed by atoms with van der Waals surface area (Å²) in [4.78, 5) is 6.57. The zero-order chi connectivity index (χ0) is 10.7. The highest BCUT2D eigenvalue weighted by atomic mass is 32.1. The number of hydrogen-bond acceptors (Lipinski definition) is 5. The highest BCUT2D eigenvalue weighted by molar-refractivity contribution is 7.19. The number of piperidine rings is 1. The molecule has 1 aliphatic rings. The first-order valence-corrected chi connectivity index (χ1v) is 6.18. The number of hydrogen-bond donors (Lipinski definition) is 2. The van der Waals surface area contributed by atoms with E-state index in [9.17, 15) is 0 Å². The Bertz CT molecular complexity index is 313. The van der Waals surface area contributed by atoms with E-state index < -0.39 is 0 Å². The van der Waals surface area contributed by atoms with E-state index in [4.69, 9.17) is 10.8 Å². The van der Waals surface area contributed by atoms with Crippen LogP contribution < -0.4 is 10.6 Å². The van der Waals surface area contributed by atoms with Crippen LogP contribution in [0.2, 0.25) is 0 Å². The van der Waals surface area contributed by atoms with Gasteiger partial charge >= 0.3 is 0 Å². The maximum atomic E-state index is 8.93. The van der Waals surface area contributed by atoms with Gasteiger partial charge in [-0.2, -0.15) is 0 Å². The van der Waals surface area contributed by atoms with Crippen molar-refractivity contribution in [3.63, 3.8) is 0 Å². The van der Waals surface area contributed by atoms with Crippen LogP contribution in [-0.4, -0.2) is 29.8 Å². The van der Waals surface area contributed by atoms with Crippen LogP contribution >= 0.6 is 11.3 Å². The van der Waals surface area contributed by atoms with Gasteiger partial charge in [0.15, 0.2) is 5.13 Å². The third kappa shape index (κ3) is 2.60. The molecule has 84 valence electrons. The van der Waals surface area contributed by atoms with Crippen LogP contribution in [0.3, 0.4) is 0 Å². The first kappa shape index (κ1) is 10.7. The first-order chi connectivity index (χ1) is 7.29. The van der Waals surface area contributed by atoms with Crippen molar-refractivity contribution >= 4 is 21.5 Å². The normalized spacial score (nSPS) is 21.9. The number of nitrogens with two attached hydrogens (primary N) is 1. The molecule has 3 N–H and O–H groups in total. The van der Waals surface area contributed by atoms with Crippen molar-refractivity contribution in [2.45, 2.75) is 19.3 Å². The molecule has 4 nitrogen and oxygen atoms in total. The van der Waals surface area contributed by atoms with E-state index in [0.29, 0.717) is 12.5 Å². The molecule has 1 aromatic rings. The number of aromatic nitrogens is 1. The van der Waals surface area contributed by atoms with Crippen molar-refractivity contribution < 1.29 is 5.11 Å². The minimum atomic E-state index is 0.290. The molecule has 5 heteroatoms. The monoisotopic (exact) mass is 227 g/mol. The predicted octanol–water partition coefficient (Wildman–Crippen LogP) is 1.32. The van der Waals surface area contributed by atoms with Crippen LogP contribution in [0.4, 0.5) is 10.1 Å². The lowest BCUT2D eigenvalue weighted by atomic mass is 9.95. The fourth-order valence-corrected chi connectivity index (χ4v) is 2.80. The quantitative estimate of drug-likeness (QED) is 0.817. The molecule has 2 heterocycles. The van der Waals surface area contributed by atoms with Gasteiger partial charge in [0.25, 0.3) is 0 Å². The number of anilines is 2. The Balaban J connectivity index is 1.98. The predicted molar refractivity (Wildman–Crippen MR) is 63.2 cm³/mol. The number of nitrogen functional groups attached to an aromatic ring is 1. The van der Waals surface area contributed by atoms with Crippen molar-refractivity contribution in [2.24, 2.45) is 5.92 Å². The van der Waals surface area contributed by atoms with E-state index in [1.807, 2.05) is 0 Å². The minimum Gasteiger partial charge on any atom is -0.396 e. The summed E-state index contributed by atoms with van der Waals surface area (Å²) in [6, 6.07) is 0. The van der Waals surface area contributed by atoms with E-state index in [0.717, 1.165) is 29.6 Å². The topological polar surface area (TPSA) is 62.4 Å².